The summed E-state index contributed by atoms with van der Waals surface area (Å²) < 4.78 is 2.45. The van der Waals surface area contributed by atoms with E-state index in [4.69, 9.17) is 11.6 Å². The van der Waals surface area contributed by atoms with E-state index in [0.29, 0.717) is 6.67 Å². The maximum atomic E-state index is 12.7. The molecule has 0 amide bonds. The number of halogens is 1. The van der Waals surface area contributed by atoms with E-state index < -0.39 is 0 Å². The van der Waals surface area contributed by atoms with E-state index in [0.717, 1.165) is 53.5 Å². The highest BCUT2D eigenvalue weighted by atomic mass is 35.5. The van der Waals surface area contributed by atoms with E-state index >= 15 is 0 Å². The normalized spacial score (nSPS) is 16.4. The Morgan fingerprint density at radius 2 is 1.73 bits per heavy atom. The molecule has 0 atom stereocenters. The van der Waals surface area contributed by atoms with Gasteiger partial charge in [-0.1, -0.05) is 29.8 Å². The number of piperazine rings is 1. The van der Waals surface area contributed by atoms with Crippen LogP contribution in [0.4, 0.5) is 0 Å². The summed E-state index contributed by atoms with van der Waals surface area (Å²) in [6, 6.07) is 11.7. The van der Waals surface area contributed by atoms with E-state index in [2.05, 4.69) is 21.0 Å². The Morgan fingerprint density at radius 1 is 1.04 bits per heavy atom. The second-order valence-corrected chi connectivity index (χ2v) is 8.48. The van der Waals surface area contributed by atoms with Crippen molar-refractivity contribution in [2.24, 2.45) is 0 Å². The van der Waals surface area contributed by atoms with Crippen molar-refractivity contribution in [2.45, 2.75) is 20.1 Å². The maximum absolute atomic E-state index is 12.7. The number of thiophene rings is 1. The zero-order valence-electron chi connectivity index (χ0n) is 14.7. The van der Waals surface area contributed by atoms with Crippen LogP contribution >= 0.6 is 22.9 Å². The van der Waals surface area contributed by atoms with Gasteiger partial charge in [-0.05, 0) is 25.1 Å². The quantitative estimate of drug-likeness (QED) is 0.688. The van der Waals surface area contributed by atoms with Crippen LogP contribution in [0.3, 0.4) is 0 Å². The SMILES string of the molecule is Cc1nn(CN2CCN(Cc3ccc(Cl)s3)CC2)c(=O)c2ccccc12. The summed E-state index contributed by atoms with van der Waals surface area (Å²) in [7, 11) is 0. The molecule has 136 valence electrons. The molecule has 3 aromatic rings. The minimum atomic E-state index is -0.0122. The number of fused-ring (bicyclic) bond motifs is 1. The van der Waals surface area contributed by atoms with Crippen LogP contribution < -0.4 is 5.56 Å². The van der Waals surface area contributed by atoms with Gasteiger partial charge in [0.05, 0.1) is 22.1 Å². The van der Waals surface area contributed by atoms with Crippen LogP contribution in [-0.4, -0.2) is 45.8 Å². The molecular weight excluding hydrogens is 368 g/mol. The van der Waals surface area contributed by atoms with Crippen molar-refractivity contribution in [3.8, 4) is 0 Å². The van der Waals surface area contributed by atoms with Crippen molar-refractivity contribution in [1.29, 1.82) is 0 Å². The molecule has 0 spiro atoms. The van der Waals surface area contributed by atoms with Crippen molar-refractivity contribution >= 4 is 33.7 Å². The van der Waals surface area contributed by atoms with E-state index in [1.807, 2.05) is 37.3 Å². The molecule has 1 saturated heterocycles. The fourth-order valence-corrected chi connectivity index (χ4v) is 4.57. The van der Waals surface area contributed by atoms with Crippen LogP contribution in [0.25, 0.3) is 10.8 Å². The zero-order valence-corrected chi connectivity index (χ0v) is 16.3. The lowest BCUT2D eigenvalue weighted by atomic mass is 10.1. The number of aryl methyl sites for hydroxylation is 1. The molecule has 5 nitrogen and oxygen atoms in total. The highest BCUT2D eigenvalue weighted by Gasteiger charge is 2.19. The molecule has 0 saturated carbocycles. The first kappa shape index (κ1) is 17.7. The fraction of sp³-hybridized carbons (Fsp3) is 0.368. The average molecular weight is 389 g/mol. The maximum Gasteiger partial charge on any atom is 0.275 e. The smallest absolute Gasteiger partial charge is 0.275 e. The average Bonchev–Trinajstić information content (AvgIpc) is 3.06. The van der Waals surface area contributed by atoms with Crippen molar-refractivity contribution in [3.63, 3.8) is 0 Å². The summed E-state index contributed by atoms with van der Waals surface area (Å²) in [6.45, 7) is 7.27. The minimum Gasteiger partial charge on any atom is -0.296 e. The molecule has 7 heteroatoms. The summed E-state index contributed by atoms with van der Waals surface area (Å²) in [6.07, 6.45) is 0. The Labute approximate surface area is 161 Å². The summed E-state index contributed by atoms with van der Waals surface area (Å²) in [5.41, 5.74) is 0.885. The van der Waals surface area contributed by atoms with Gasteiger partial charge in [-0.25, -0.2) is 4.68 Å². The molecule has 0 aliphatic carbocycles. The van der Waals surface area contributed by atoms with Crippen LogP contribution in [0.5, 0.6) is 0 Å². The van der Waals surface area contributed by atoms with Gasteiger partial charge in [0.1, 0.15) is 0 Å². The van der Waals surface area contributed by atoms with Gasteiger partial charge in [0, 0.05) is 43.0 Å². The lowest BCUT2D eigenvalue weighted by Gasteiger charge is -2.34. The molecule has 4 rings (SSSR count). The number of hydrogen-bond donors (Lipinski definition) is 0. The van der Waals surface area contributed by atoms with Crippen LogP contribution in [0.1, 0.15) is 10.6 Å². The van der Waals surface area contributed by atoms with Gasteiger partial charge in [0.15, 0.2) is 0 Å². The molecule has 0 N–H and O–H groups in total. The molecule has 0 radical (unpaired) electrons. The van der Waals surface area contributed by atoms with Gasteiger partial charge in [0.2, 0.25) is 0 Å². The summed E-state index contributed by atoms with van der Waals surface area (Å²) in [5.74, 6) is 0. The Morgan fingerprint density at radius 3 is 2.42 bits per heavy atom. The van der Waals surface area contributed by atoms with E-state index in [-0.39, 0.29) is 5.56 Å². The first-order valence-electron chi connectivity index (χ1n) is 8.75. The summed E-state index contributed by atoms with van der Waals surface area (Å²) in [5, 5.41) is 6.20. The van der Waals surface area contributed by atoms with Crippen LogP contribution in [-0.2, 0) is 13.2 Å². The first-order chi connectivity index (χ1) is 12.6. The molecule has 3 heterocycles. The molecule has 0 unspecified atom stereocenters. The molecule has 1 fully saturated rings. The number of hydrogen-bond acceptors (Lipinski definition) is 5. The Bertz CT molecular complexity index is 975. The van der Waals surface area contributed by atoms with Crippen molar-refractivity contribution in [1.82, 2.24) is 19.6 Å². The molecule has 2 aromatic heterocycles. The van der Waals surface area contributed by atoms with Gasteiger partial charge in [-0.15, -0.1) is 11.3 Å². The lowest BCUT2D eigenvalue weighted by molar-refractivity contribution is 0.0977. The monoisotopic (exact) mass is 388 g/mol. The Kier molecular flexibility index (Phi) is 5.09. The lowest BCUT2D eigenvalue weighted by Crippen LogP contribution is -2.47. The van der Waals surface area contributed by atoms with Crippen LogP contribution in [0.15, 0.2) is 41.2 Å². The van der Waals surface area contributed by atoms with Gasteiger partial charge in [-0.3, -0.25) is 14.6 Å². The zero-order chi connectivity index (χ0) is 18.1. The number of aromatic nitrogens is 2. The summed E-state index contributed by atoms with van der Waals surface area (Å²) >= 11 is 7.66. The molecule has 26 heavy (non-hydrogen) atoms. The third-order valence-corrected chi connectivity index (χ3v) is 6.08. The van der Waals surface area contributed by atoms with Crippen molar-refractivity contribution in [3.05, 3.63) is 61.7 Å². The molecule has 1 aromatic carbocycles. The van der Waals surface area contributed by atoms with E-state index in [9.17, 15) is 4.79 Å². The predicted molar refractivity (Wildman–Crippen MR) is 107 cm³/mol. The van der Waals surface area contributed by atoms with Gasteiger partial charge in [0.25, 0.3) is 5.56 Å². The number of benzene rings is 1. The third-order valence-electron chi connectivity index (χ3n) is 4.86. The minimum absolute atomic E-state index is 0.0122. The molecule has 0 bridgehead atoms. The fourth-order valence-electron chi connectivity index (χ4n) is 3.44. The second kappa shape index (κ2) is 7.48. The van der Waals surface area contributed by atoms with E-state index in [1.54, 1.807) is 16.0 Å². The second-order valence-electron chi connectivity index (χ2n) is 6.68. The van der Waals surface area contributed by atoms with Crippen molar-refractivity contribution < 1.29 is 0 Å². The Hall–Kier alpha value is -1.73. The molecule has 1 aliphatic heterocycles. The molecule has 1 aliphatic rings. The topological polar surface area (TPSA) is 41.4 Å². The van der Waals surface area contributed by atoms with Gasteiger partial charge in [-0.2, -0.15) is 5.10 Å². The summed E-state index contributed by atoms with van der Waals surface area (Å²) in [4.78, 5) is 18.7. The van der Waals surface area contributed by atoms with Gasteiger partial charge < -0.3 is 0 Å². The largest absolute Gasteiger partial charge is 0.296 e. The first-order valence-corrected chi connectivity index (χ1v) is 9.95. The van der Waals surface area contributed by atoms with Crippen LogP contribution in [0.2, 0.25) is 4.34 Å². The van der Waals surface area contributed by atoms with Gasteiger partial charge >= 0.3 is 0 Å². The number of nitrogens with zero attached hydrogens (tertiary/aromatic N) is 4. The third kappa shape index (κ3) is 3.69. The molecular formula is C19H21ClN4OS. The highest BCUT2D eigenvalue weighted by Crippen LogP contribution is 2.23. The Balaban J connectivity index is 1.42. The predicted octanol–water partition coefficient (Wildman–Crippen LogP) is 3.20. The van der Waals surface area contributed by atoms with E-state index in [1.165, 1.54) is 4.88 Å². The highest BCUT2D eigenvalue weighted by molar-refractivity contribution is 7.16. The standard InChI is InChI=1S/C19H21ClN4OS/c1-14-16-4-2-3-5-17(16)19(25)24(21-14)13-23-10-8-22(9-11-23)12-15-6-7-18(20)26-15/h2-7H,8-13H2,1H3. The number of rotatable bonds is 4. The van der Waals surface area contributed by atoms with Crippen molar-refractivity contribution in [2.75, 3.05) is 26.2 Å². The van der Waals surface area contributed by atoms with Crippen LogP contribution in [0, 0.1) is 6.92 Å².